The first-order chi connectivity index (χ1) is 7.15. The lowest BCUT2D eigenvalue weighted by atomic mass is 9.95. The van der Waals surface area contributed by atoms with Gasteiger partial charge < -0.3 is 4.90 Å². The summed E-state index contributed by atoms with van der Waals surface area (Å²) in [5, 5.41) is 0. The van der Waals surface area contributed by atoms with Gasteiger partial charge in [0.15, 0.2) is 0 Å². The second-order valence-corrected chi connectivity index (χ2v) is 4.14. The molecule has 0 fully saturated rings. The Balaban J connectivity index is 0.000000921. The maximum atomic E-state index is 10.6. The van der Waals surface area contributed by atoms with Gasteiger partial charge in [-0.15, -0.1) is 0 Å². The van der Waals surface area contributed by atoms with Gasteiger partial charge in [-0.25, -0.2) is 0 Å². The zero-order chi connectivity index (χ0) is 11.8. The molecule has 0 spiro atoms. The molecule has 0 aromatic rings. The predicted octanol–water partition coefficient (Wildman–Crippen LogP) is 3.24. The second-order valence-electron chi connectivity index (χ2n) is 4.14. The molecule has 1 aliphatic rings. The van der Waals surface area contributed by atoms with E-state index in [0.717, 1.165) is 32.3 Å². The third kappa shape index (κ3) is 4.50. The Hall–Kier alpha value is -0.790. The molecule has 2 nitrogen and oxygen atoms in total. The van der Waals surface area contributed by atoms with Crippen LogP contribution in [0, 0.1) is 5.92 Å². The minimum Gasteiger partial charge on any atom is -0.341 e. The number of hydrogen-bond donors (Lipinski definition) is 0. The molecule has 0 aromatic heterocycles. The third-order valence-electron chi connectivity index (χ3n) is 2.73. The van der Waals surface area contributed by atoms with Crippen LogP contribution in [0.5, 0.6) is 0 Å². The van der Waals surface area contributed by atoms with Gasteiger partial charge in [0.05, 0.1) is 0 Å². The molecule has 0 saturated heterocycles. The average molecular weight is 211 g/mol. The van der Waals surface area contributed by atoms with Crippen LogP contribution in [-0.4, -0.2) is 24.4 Å². The number of allylic oxidation sites excluding steroid dienone is 1. The number of rotatable bonds is 2. The van der Waals surface area contributed by atoms with Crippen LogP contribution in [0.3, 0.4) is 0 Å². The van der Waals surface area contributed by atoms with Gasteiger partial charge in [0.1, 0.15) is 0 Å². The average Bonchev–Trinajstić information content (AvgIpc) is 2.42. The third-order valence-corrected chi connectivity index (χ3v) is 2.73. The zero-order valence-corrected chi connectivity index (χ0v) is 10.8. The summed E-state index contributed by atoms with van der Waals surface area (Å²) in [6.45, 7) is 12.4. The summed E-state index contributed by atoms with van der Waals surface area (Å²) in [7, 11) is 0. The van der Waals surface area contributed by atoms with Crippen molar-refractivity contribution in [2.24, 2.45) is 5.92 Å². The van der Waals surface area contributed by atoms with Gasteiger partial charge in [-0.05, 0) is 25.7 Å². The summed E-state index contributed by atoms with van der Waals surface area (Å²) >= 11 is 0. The van der Waals surface area contributed by atoms with Gasteiger partial charge in [0, 0.05) is 13.1 Å². The standard InChI is InChI=1S/C11H19NO.C2H6/c1-9(2)11-5-4-6-12(8-13)7-10(11)3;1-2/h8-9H,4-7H2,1-3H3;1-2H3. The first kappa shape index (κ1) is 14.2. The summed E-state index contributed by atoms with van der Waals surface area (Å²) in [6, 6.07) is 0. The van der Waals surface area contributed by atoms with Crippen LogP contribution in [0.1, 0.15) is 47.5 Å². The van der Waals surface area contributed by atoms with Crippen molar-refractivity contribution >= 4 is 6.41 Å². The number of nitrogens with zero attached hydrogens (tertiary/aromatic N) is 1. The van der Waals surface area contributed by atoms with Gasteiger partial charge in [0.25, 0.3) is 0 Å². The molecular formula is C13H25NO. The van der Waals surface area contributed by atoms with Crippen molar-refractivity contribution in [2.75, 3.05) is 13.1 Å². The molecule has 0 N–H and O–H groups in total. The number of hydrogen-bond acceptors (Lipinski definition) is 1. The fourth-order valence-electron chi connectivity index (χ4n) is 2.04. The Morgan fingerprint density at radius 1 is 1.33 bits per heavy atom. The van der Waals surface area contributed by atoms with Crippen LogP contribution < -0.4 is 0 Å². The molecule has 0 bridgehead atoms. The highest BCUT2D eigenvalue weighted by molar-refractivity contribution is 5.48. The monoisotopic (exact) mass is 211 g/mol. The molecule has 1 heterocycles. The van der Waals surface area contributed by atoms with Crippen molar-refractivity contribution < 1.29 is 4.79 Å². The molecule has 1 rings (SSSR count). The summed E-state index contributed by atoms with van der Waals surface area (Å²) in [6.07, 6.45) is 3.24. The molecule has 0 atom stereocenters. The van der Waals surface area contributed by atoms with Crippen molar-refractivity contribution in [3.63, 3.8) is 0 Å². The number of amides is 1. The van der Waals surface area contributed by atoms with E-state index in [1.807, 2.05) is 18.7 Å². The van der Waals surface area contributed by atoms with E-state index in [-0.39, 0.29) is 0 Å². The first-order valence-corrected chi connectivity index (χ1v) is 6.03. The van der Waals surface area contributed by atoms with Crippen molar-refractivity contribution in [3.8, 4) is 0 Å². The van der Waals surface area contributed by atoms with Gasteiger partial charge in [-0.3, -0.25) is 4.79 Å². The maximum absolute atomic E-state index is 10.6. The van der Waals surface area contributed by atoms with E-state index < -0.39 is 0 Å². The Bertz CT molecular complexity index is 219. The number of carbonyl (C=O) groups excluding carboxylic acids is 1. The Morgan fingerprint density at radius 3 is 2.40 bits per heavy atom. The first-order valence-electron chi connectivity index (χ1n) is 6.03. The largest absolute Gasteiger partial charge is 0.341 e. The van der Waals surface area contributed by atoms with Crippen LogP contribution >= 0.6 is 0 Å². The van der Waals surface area contributed by atoms with Crippen molar-refractivity contribution in [2.45, 2.75) is 47.5 Å². The van der Waals surface area contributed by atoms with Gasteiger partial charge >= 0.3 is 0 Å². The van der Waals surface area contributed by atoms with Crippen molar-refractivity contribution in [1.29, 1.82) is 0 Å². The Labute approximate surface area is 94.4 Å². The molecule has 0 saturated carbocycles. The van der Waals surface area contributed by atoms with E-state index in [1.165, 1.54) is 5.57 Å². The minimum atomic E-state index is 0.631. The van der Waals surface area contributed by atoms with E-state index in [2.05, 4.69) is 20.8 Å². The lowest BCUT2D eigenvalue weighted by Gasteiger charge is -2.15. The van der Waals surface area contributed by atoms with E-state index in [0.29, 0.717) is 5.92 Å². The zero-order valence-electron chi connectivity index (χ0n) is 10.8. The van der Waals surface area contributed by atoms with Crippen molar-refractivity contribution in [3.05, 3.63) is 11.1 Å². The second kappa shape index (κ2) is 7.49. The molecular weight excluding hydrogens is 186 g/mol. The molecule has 15 heavy (non-hydrogen) atoms. The van der Waals surface area contributed by atoms with Crippen molar-refractivity contribution in [1.82, 2.24) is 4.90 Å². The van der Waals surface area contributed by atoms with E-state index in [4.69, 9.17) is 0 Å². The topological polar surface area (TPSA) is 20.3 Å². The summed E-state index contributed by atoms with van der Waals surface area (Å²) in [4.78, 5) is 12.5. The molecule has 2 heteroatoms. The summed E-state index contributed by atoms with van der Waals surface area (Å²) < 4.78 is 0. The maximum Gasteiger partial charge on any atom is 0.209 e. The van der Waals surface area contributed by atoms with Crippen LogP contribution in [0.15, 0.2) is 11.1 Å². The Kier molecular flexibility index (Phi) is 7.10. The van der Waals surface area contributed by atoms with Crippen LogP contribution in [-0.2, 0) is 4.79 Å². The molecule has 88 valence electrons. The highest BCUT2D eigenvalue weighted by Gasteiger charge is 2.14. The molecule has 1 aliphatic heterocycles. The molecule has 0 aromatic carbocycles. The molecule has 1 amide bonds. The van der Waals surface area contributed by atoms with Crippen LogP contribution in [0.25, 0.3) is 0 Å². The molecule has 0 unspecified atom stereocenters. The molecule has 0 aliphatic carbocycles. The lowest BCUT2D eigenvalue weighted by molar-refractivity contribution is -0.117. The van der Waals surface area contributed by atoms with Crippen LogP contribution in [0.2, 0.25) is 0 Å². The highest BCUT2D eigenvalue weighted by atomic mass is 16.1. The Morgan fingerprint density at radius 2 is 1.93 bits per heavy atom. The smallest absolute Gasteiger partial charge is 0.209 e. The van der Waals surface area contributed by atoms with E-state index in [1.54, 1.807) is 5.57 Å². The number of carbonyl (C=O) groups is 1. The highest BCUT2D eigenvalue weighted by Crippen LogP contribution is 2.23. The molecule has 0 radical (unpaired) electrons. The lowest BCUT2D eigenvalue weighted by Crippen LogP contribution is -2.23. The van der Waals surface area contributed by atoms with E-state index in [9.17, 15) is 4.79 Å². The van der Waals surface area contributed by atoms with Gasteiger partial charge in [-0.2, -0.15) is 0 Å². The van der Waals surface area contributed by atoms with Crippen LogP contribution in [0.4, 0.5) is 0 Å². The fourth-order valence-corrected chi connectivity index (χ4v) is 2.04. The summed E-state index contributed by atoms with van der Waals surface area (Å²) in [5.74, 6) is 0.631. The van der Waals surface area contributed by atoms with Gasteiger partial charge in [0.2, 0.25) is 6.41 Å². The van der Waals surface area contributed by atoms with Gasteiger partial charge in [-0.1, -0.05) is 38.8 Å². The quantitative estimate of drug-likeness (QED) is 0.507. The predicted molar refractivity (Wildman–Crippen MR) is 65.8 cm³/mol. The minimum absolute atomic E-state index is 0.631. The summed E-state index contributed by atoms with van der Waals surface area (Å²) in [5.41, 5.74) is 2.93. The van der Waals surface area contributed by atoms with E-state index >= 15 is 0 Å². The normalized spacial score (nSPS) is 17.1. The fraction of sp³-hybridized carbons (Fsp3) is 0.769. The SMILES string of the molecule is CC.CC1=C(C(C)C)CCCN(C=O)C1.